The molecule has 0 atom stereocenters. The largest absolute Gasteiger partial charge is 0.285 e. The monoisotopic (exact) mass is 432 g/mol. The van der Waals surface area contributed by atoms with Crippen LogP contribution in [-0.4, -0.2) is 10.7 Å². The van der Waals surface area contributed by atoms with Crippen LogP contribution in [0.4, 0.5) is 0 Å². The minimum absolute atomic E-state index is 0.126. The summed E-state index contributed by atoms with van der Waals surface area (Å²) in [4.78, 5) is 9.31. The molecule has 2 nitrogen and oxygen atoms in total. The van der Waals surface area contributed by atoms with Gasteiger partial charge in [0.05, 0.1) is 6.54 Å². The molecule has 166 valence electrons. The van der Waals surface area contributed by atoms with E-state index in [9.17, 15) is 0 Å². The van der Waals surface area contributed by atoms with Gasteiger partial charge in [0, 0.05) is 23.0 Å². The Balaban J connectivity index is 1.61. The second-order valence-corrected chi connectivity index (χ2v) is 9.26. The lowest BCUT2D eigenvalue weighted by Gasteiger charge is -2.29. The first-order valence-corrected chi connectivity index (χ1v) is 11.6. The molecule has 0 saturated heterocycles. The lowest BCUT2D eigenvalue weighted by atomic mass is 9.75. The van der Waals surface area contributed by atoms with Gasteiger partial charge in [-0.15, -0.1) is 0 Å². The second-order valence-electron chi connectivity index (χ2n) is 9.26. The van der Waals surface area contributed by atoms with Crippen LogP contribution in [0.3, 0.4) is 0 Å². The van der Waals surface area contributed by atoms with Crippen LogP contribution in [0.15, 0.2) is 96.1 Å². The maximum Gasteiger partial charge on any atom is 0.0643 e. The Bertz CT molecular complexity index is 1270. The van der Waals surface area contributed by atoms with Crippen molar-refractivity contribution in [2.75, 3.05) is 0 Å². The third kappa shape index (κ3) is 4.96. The molecule has 0 aliphatic carbocycles. The fourth-order valence-corrected chi connectivity index (χ4v) is 4.55. The molecule has 0 spiro atoms. The summed E-state index contributed by atoms with van der Waals surface area (Å²) in [6, 6.07) is 30.2. The van der Waals surface area contributed by atoms with Crippen molar-refractivity contribution in [2.24, 2.45) is 4.99 Å². The molecule has 0 fully saturated rings. The Morgan fingerprint density at radius 3 is 2.18 bits per heavy atom. The average Bonchev–Trinajstić information content (AvgIpc) is 2.83. The van der Waals surface area contributed by atoms with E-state index in [0.717, 1.165) is 17.0 Å². The van der Waals surface area contributed by atoms with Gasteiger partial charge < -0.3 is 0 Å². The first-order valence-electron chi connectivity index (χ1n) is 11.6. The van der Waals surface area contributed by atoms with Gasteiger partial charge in [-0.25, -0.2) is 0 Å². The topological polar surface area (TPSA) is 25.2 Å². The Hall–Kier alpha value is -3.52. The molecule has 0 saturated carbocycles. The predicted molar refractivity (Wildman–Crippen MR) is 140 cm³/mol. The van der Waals surface area contributed by atoms with Gasteiger partial charge in [-0.3, -0.25) is 9.98 Å². The smallest absolute Gasteiger partial charge is 0.0643 e. The van der Waals surface area contributed by atoms with E-state index in [1.807, 2.05) is 18.3 Å². The number of nitrogens with zero attached hydrogens (tertiary/aromatic N) is 2. The molecule has 33 heavy (non-hydrogen) atoms. The average molecular weight is 433 g/mol. The highest BCUT2D eigenvalue weighted by Gasteiger charge is 2.27. The predicted octanol–water partition coefficient (Wildman–Crippen LogP) is 7.70. The van der Waals surface area contributed by atoms with Crippen molar-refractivity contribution in [3.8, 4) is 11.1 Å². The van der Waals surface area contributed by atoms with Crippen LogP contribution in [0.5, 0.6) is 0 Å². The lowest BCUT2D eigenvalue weighted by molar-refractivity contribution is 0.627. The summed E-state index contributed by atoms with van der Waals surface area (Å²) >= 11 is 0. The van der Waals surface area contributed by atoms with E-state index in [4.69, 9.17) is 4.99 Å². The zero-order chi connectivity index (χ0) is 23.4. The molecular weight excluding hydrogens is 400 g/mol. The molecule has 0 N–H and O–H groups in total. The summed E-state index contributed by atoms with van der Waals surface area (Å²) in [5.74, 6) is 0. The summed E-state index contributed by atoms with van der Waals surface area (Å²) in [7, 11) is 0. The fourth-order valence-electron chi connectivity index (χ4n) is 4.55. The zero-order valence-electron chi connectivity index (χ0n) is 20.3. The highest BCUT2D eigenvalue weighted by atomic mass is 14.7. The van der Waals surface area contributed by atoms with Crippen molar-refractivity contribution in [2.45, 2.75) is 46.6 Å². The number of aromatic nitrogens is 1. The van der Waals surface area contributed by atoms with Crippen LogP contribution in [0.2, 0.25) is 0 Å². The van der Waals surface area contributed by atoms with E-state index in [2.05, 4.69) is 112 Å². The van der Waals surface area contributed by atoms with E-state index in [1.165, 1.54) is 33.4 Å². The van der Waals surface area contributed by atoms with Crippen molar-refractivity contribution >= 4 is 5.71 Å². The summed E-state index contributed by atoms with van der Waals surface area (Å²) in [5.41, 5.74) is 10.8. The molecule has 2 heteroatoms. The van der Waals surface area contributed by atoms with Crippen LogP contribution >= 0.6 is 0 Å². The number of hydrogen-bond donors (Lipinski definition) is 0. The summed E-state index contributed by atoms with van der Waals surface area (Å²) in [5, 5.41) is 0. The molecule has 0 amide bonds. The van der Waals surface area contributed by atoms with Gasteiger partial charge in [-0.05, 0) is 65.8 Å². The number of pyridine rings is 1. The first-order chi connectivity index (χ1) is 15.9. The Kier molecular flexibility index (Phi) is 6.55. The molecule has 0 radical (unpaired) electrons. The van der Waals surface area contributed by atoms with Crippen molar-refractivity contribution in [3.05, 3.63) is 125 Å². The molecule has 4 rings (SSSR count). The lowest BCUT2D eigenvalue weighted by Crippen LogP contribution is -2.22. The minimum atomic E-state index is -0.126. The maximum absolute atomic E-state index is 4.78. The van der Waals surface area contributed by atoms with Gasteiger partial charge in [-0.2, -0.15) is 0 Å². The zero-order valence-corrected chi connectivity index (χ0v) is 20.3. The SMILES string of the molecule is CC(=NCc1ccccc1)c1ccc(-c2ccc(C)c(C(C)(C)c3cccnc3C)c2)cc1. The van der Waals surface area contributed by atoms with Gasteiger partial charge in [0.2, 0.25) is 0 Å². The first kappa shape index (κ1) is 22.7. The highest BCUT2D eigenvalue weighted by molar-refractivity contribution is 5.99. The van der Waals surface area contributed by atoms with Crippen LogP contribution in [-0.2, 0) is 12.0 Å². The molecule has 0 bridgehead atoms. The van der Waals surface area contributed by atoms with Crippen molar-refractivity contribution < 1.29 is 0 Å². The maximum atomic E-state index is 4.78. The molecule has 0 aliphatic heterocycles. The number of aryl methyl sites for hydroxylation is 2. The van der Waals surface area contributed by atoms with Crippen molar-refractivity contribution in [1.82, 2.24) is 4.98 Å². The Morgan fingerprint density at radius 1 is 0.788 bits per heavy atom. The quantitative estimate of drug-likeness (QED) is 0.287. The standard InChI is InChI=1S/C31H32N2/c1-22-13-14-28(20-30(22)31(4,5)29-12-9-19-32-24(29)3)27-17-15-26(16-18-27)23(2)33-21-25-10-7-6-8-11-25/h6-20H,21H2,1-5H3. The van der Waals surface area contributed by atoms with E-state index in [0.29, 0.717) is 6.54 Å². The van der Waals surface area contributed by atoms with Crippen LogP contribution in [0, 0.1) is 13.8 Å². The van der Waals surface area contributed by atoms with Crippen molar-refractivity contribution in [3.63, 3.8) is 0 Å². The number of aliphatic imine (C=N–C) groups is 1. The molecule has 4 aromatic rings. The van der Waals surface area contributed by atoms with Crippen LogP contribution in [0.25, 0.3) is 11.1 Å². The normalized spacial score (nSPS) is 12.1. The number of rotatable bonds is 6. The fraction of sp³-hybridized carbons (Fsp3) is 0.226. The summed E-state index contributed by atoms with van der Waals surface area (Å²) in [6.45, 7) is 11.7. The minimum Gasteiger partial charge on any atom is -0.285 e. The van der Waals surface area contributed by atoms with Gasteiger partial charge >= 0.3 is 0 Å². The van der Waals surface area contributed by atoms with E-state index in [-0.39, 0.29) is 5.41 Å². The van der Waals surface area contributed by atoms with Gasteiger partial charge in [-0.1, -0.05) is 92.7 Å². The van der Waals surface area contributed by atoms with Crippen molar-refractivity contribution in [1.29, 1.82) is 0 Å². The third-order valence-electron chi connectivity index (χ3n) is 6.57. The number of benzene rings is 3. The van der Waals surface area contributed by atoms with Gasteiger partial charge in [0.15, 0.2) is 0 Å². The molecule has 0 aliphatic rings. The Morgan fingerprint density at radius 2 is 1.48 bits per heavy atom. The highest BCUT2D eigenvalue weighted by Crippen LogP contribution is 2.37. The molecule has 0 unspecified atom stereocenters. The summed E-state index contributed by atoms with van der Waals surface area (Å²) in [6.07, 6.45) is 1.87. The number of hydrogen-bond acceptors (Lipinski definition) is 2. The second kappa shape index (κ2) is 9.54. The van der Waals surface area contributed by atoms with Crippen LogP contribution < -0.4 is 0 Å². The van der Waals surface area contributed by atoms with Crippen LogP contribution in [0.1, 0.15) is 54.3 Å². The molecule has 1 aromatic heterocycles. The van der Waals surface area contributed by atoms with E-state index >= 15 is 0 Å². The molecule has 1 heterocycles. The van der Waals surface area contributed by atoms with E-state index < -0.39 is 0 Å². The van der Waals surface area contributed by atoms with Gasteiger partial charge in [0.1, 0.15) is 0 Å². The molecule has 3 aromatic carbocycles. The van der Waals surface area contributed by atoms with Gasteiger partial charge in [0.25, 0.3) is 0 Å². The Labute approximate surface area is 198 Å². The van der Waals surface area contributed by atoms with E-state index in [1.54, 1.807) is 0 Å². The summed E-state index contributed by atoms with van der Waals surface area (Å²) < 4.78 is 0. The molecular formula is C31H32N2. The third-order valence-corrected chi connectivity index (χ3v) is 6.57.